The Morgan fingerprint density at radius 1 is 1.12 bits per heavy atom. The molecule has 0 aliphatic carbocycles. The van der Waals surface area contributed by atoms with Crippen LogP contribution in [0.4, 0.5) is 14.5 Å². The third-order valence-corrected chi connectivity index (χ3v) is 4.91. The first-order valence-electron chi connectivity index (χ1n) is 8.53. The Bertz CT molecular complexity index is 800. The number of aromatic nitrogens is 1. The van der Waals surface area contributed by atoms with Crippen LogP contribution in [0.15, 0.2) is 24.4 Å². The molecule has 7 heteroatoms. The van der Waals surface area contributed by atoms with Gasteiger partial charge in [0.2, 0.25) is 0 Å². The summed E-state index contributed by atoms with van der Waals surface area (Å²) in [6.07, 6.45) is 2.87. The number of hydrogen-bond donors (Lipinski definition) is 0. The maximum Gasteiger partial charge on any atom is 0.251 e. The summed E-state index contributed by atoms with van der Waals surface area (Å²) in [5.74, 6) is -0.989. The standard InChI is InChI=1S/C18H19F2N3O2/c19-12-3-4-13(20)17-16(12)14(5-6-21-17)22-7-9-23(10-8-22)18(24)15-2-1-11-25-15/h3-6,15H,1-2,7-11H2/t15-/m0/s1. The molecule has 2 fully saturated rings. The van der Waals surface area contributed by atoms with Gasteiger partial charge in [-0.1, -0.05) is 0 Å². The van der Waals surface area contributed by atoms with Crippen molar-refractivity contribution in [2.75, 3.05) is 37.7 Å². The first kappa shape index (κ1) is 16.2. The van der Waals surface area contributed by atoms with E-state index in [-0.39, 0.29) is 22.9 Å². The van der Waals surface area contributed by atoms with Gasteiger partial charge in [0.05, 0.1) is 11.1 Å². The number of carbonyl (C=O) groups excluding carboxylic acids is 1. The maximum absolute atomic E-state index is 14.3. The fourth-order valence-corrected chi connectivity index (χ4v) is 3.58. The van der Waals surface area contributed by atoms with Crippen LogP contribution in [0.1, 0.15) is 12.8 Å². The van der Waals surface area contributed by atoms with E-state index in [9.17, 15) is 13.6 Å². The van der Waals surface area contributed by atoms with E-state index < -0.39 is 11.6 Å². The van der Waals surface area contributed by atoms with Gasteiger partial charge in [-0.3, -0.25) is 9.78 Å². The SMILES string of the molecule is O=C([C@@H]1CCCO1)N1CCN(c2ccnc3c(F)ccc(F)c23)CC1. The van der Waals surface area contributed by atoms with Crippen molar-refractivity contribution in [3.05, 3.63) is 36.0 Å². The van der Waals surface area contributed by atoms with Gasteiger partial charge in [0.25, 0.3) is 5.91 Å². The number of fused-ring (bicyclic) bond motifs is 1. The molecule has 1 aromatic carbocycles. The number of pyridine rings is 1. The van der Waals surface area contributed by atoms with Crippen LogP contribution < -0.4 is 4.90 Å². The molecule has 1 aromatic heterocycles. The number of piperazine rings is 1. The number of ether oxygens (including phenoxy) is 1. The normalized spacial score (nSPS) is 21.1. The molecule has 0 spiro atoms. The van der Waals surface area contributed by atoms with Gasteiger partial charge in [-0.05, 0) is 31.0 Å². The fraction of sp³-hybridized carbons (Fsp3) is 0.444. The summed E-state index contributed by atoms with van der Waals surface area (Å²) in [5.41, 5.74) is 0.654. The van der Waals surface area contributed by atoms with Gasteiger partial charge >= 0.3 is 0 Å². The summed E-state index contributed by atoms with van der Waals surface area (Å²) >= 11 is 0. The molecule has 2 aliphatic rings. The lowest BCUT2D eigenvalue weighted by atomic mass is 10.1. The molecule has 132 valence electrons. The highest BCUT2D eigenvalue weighted by Crippen LogP contribution is 2.30. The third kappa shape index (κ3) is 2.93. The molecule has 4 rings (SSSR count). The van der Waals surface area contributed by atoms with Crippen molar-refractivity contribution in [3.8, 4) is 0 Å². The van der Waals surface area contributed by atoms with Crippen LogP contribution in [0.3, 0.4) is 0 Å². The summed E-state index contributed by atoms with van der Waals surface area (Å²) in [4.78, 5) is 20.2. The number of hydrogen-bond acceptors (Lipinski definition) is 4. The molecule has 0 unspecified atom stereocenters. The van der Waals surface area contributed by atoms with Gasteiger partial charge in [0, 0.05) is 39.0 Å². The second-order valence-corrected chi connectivity index (χ2v) is 6.40. The average molecular weight is 347 g/mol. The zero-order chi connectivity index (χ0) is 17.4. The van der Waals surface area contributed by atoms with Crippen LogP contribution in [0.5, 0.6) is 0 Å². The zero-order valence-corrected chi connectivity index (χ0v) is 13.8. The smallest absolute Gasteiger partial charge is 0.251 e. The van der Waals surface area contributed by atoms with Crippen LogP contribution in [0.2, 0.25) is 0 Å². The van der Waals surface area contributed by atoms with Gasteiger partial charge < -0.3 is 14.5 Å². The predicted molar refractivity (Wildman–Crippen MR) is 89.4 cm³/mol. The van der Waals surface area contributed by atoms with Crippen molar-refractivity contribution in [3.63, 3.8) is 0 Å². The Balaban J connectivity index is 1.54. The Hall–Kier alpha value is -2.28. The monoisotopic (exact) mass is 347 g/mol. The second-order valence-electron chi connectivity index (χ2n) is 6.40. The van der Waals surface area contributed by atoms with Crippen molar-refractivity contribution in [2.45, 2.75) is 18.9 Å². The second kappa shape index (κ2) is 6.55. The number of amides is 1. The first-order chi connectivity index (χ1) is 12.1. The van der Waals surface area contributed by atoms with Crippen LogP contribution in [-0.2, 0) is 9.53 Å². The lowest BCUT2D eigenvalue weighted by molar-refractivity contribution is -0.141. The number of nitrogens with zero attached hydrogens (tertiary/aromatic N) is 3. The molecule has 0 N–H and O–H groups in total. The van der Waals surface area contributed by atoms with Crippen molar-refractivity contribution >= 4 is 22.5 Å². The minimum absolute atomic E-state index is 0.0361. The van der Waals surface area contributed by atoms with E-state index in [1.807, 2.05) is 4.90 Å². The fourth-order valence-electron chi connectivity index (χ4n) is 3.58. The first-order valence-corrected chi connectivity index (χ1v) is 8.53. The number of anilines is 1. The minimum atomic E-state index is -0.537. The number of benzene rings is 1. The summed E-state index contributed by atoms with van der Waals surface area (Å²) < 4.78 is 33.7. The van der Waals surface area contributed by atoms with E-state index in [2.05, 4.69) is 4.98 Å². The number of carbonyl (C=O) groups is 1. The molecule has 0 saturated carbocycles. The minimum Gasteiger partial charge on any atom is -0.368 e. The highest BCUT2D eigenvalue weighted by atomic mass is 19.1. The van der Waals surface area contributed by atoms with E-state index in [1.165, 1.54) is 6.20 Å². The lowest BCUT2D eigenvalue weighted by Gasteiger charge is -2.37. The van der Waals surface area contributed by atoms with Gasteiger partial charge in [-0.2, -0.15) is 0 Å². The molecule has 0 radical (unpaired) electrons. The number of rotatable bonds is 2. The molecule has 1 amide bonds. The van der Waals surface area contributed by atoms with Crippen LogP contribution in [-0.4, -0.2) is 54.7 Å². The lowest BCUT2D eigenvalue weighted by Crippen LogP contribution is -2.51. The summed E-state index contributed by atoms with van der Waals surface area (Å²) in [7, 11) is 0. The van der Waals surface area contributed by atoms with Crippen molar-refractivity contribution in [2.24, 2.45) is 0 Å². The number of halogens is 2. The van der Waals surface area contributed by atoms with E-state index in [0.717, 1.165) is 25.0 Å². The van der Waals surface area contributed by atoms with Gasteiger partial charge in [0.1, 0.15) is 23.3 Å². The van der Waals surface area contributed by atoms with Crippen molar-refractivity contribution < 1.29 is 18.3 Å². The summed E-state index contributed by atoms with van der Waals surface area (Å²) in [5, 5.41) is 0.196. The molecule has 25 heavy (non-hydrogen) atoms. The molecule has 2 aromatic rings. The zero-order valence-electron chi connectivity index (χ0n) is 13.8. The Morgan fingerprint density at radius 2 is 1.88 bits per heavy atom. The largest absolute Gasteiger partial charge is 0.368 e. The third-order valence-electron chi connectivity index (χ3n) is 4.91. The Morgan fingerprint density at radius 3 is 2.60 bits per heavy atom. The van der Waals surface area contributed by atoms with E-state index in [1.54, 1.807) is 11.0 Å². The highest BCUT2D eigenvalue weighted by Gasteiger charge is 2.30. The van der Waals surface area contributed by atoms with E-state index >= 15 is 0 Å². The predicted octanol–water partition coefficient (Wildman–Crippen LogP) is 2.34. The highest BCUT2D eigenvalue weighted by molar-refractivity contribution is 5.92. The molecule has 3 heterocycles. The quantitative estimate of drug-likeness (QED) is 0.837. The average Bonchev–Trinajstić information content (AvgIpc) is 3.19. The molecule has 5 nitrogen and oxygen atoms in total. The van der Waals surface area contributed by atoms with E-state index in [4.69, 9.17) is 4.74 Å². The molecule has 2 saturated heterocycles. The Kier molecular flexibility index (Phi) is 4.25. The van der Waals surface area contributed by atoms with Crippen LogP contribution in [0, 0.1) is 11.6 Å². The molecular formula is C18H19F2N3O2. The maximum atomic E-state index is 14.3. The van der Waals surface area contributed by atoms with E-state index in [0.29, 0.717) is 38.5 Å². The summed E-state index contributed by atoms with van der Waals surface area (Å²) in [6, 6.07) is 3.91. The summed E-state index contributed by atoms with van der Waals surface area (Å²) in [6.45, 7) is 2.85. The topological polar surface area (TPSA) is 45.7 Å². The molecule has 2 aliphatic heterocycles. The molecule has 0 bridgehead atoms. The van der Waals surface area contributed by atoms with Crippen LogP contribution >= 0.6 is 0 Å². The van der Waals surface area contributed by atoms with Crippen LogP contribution in [0.25, 0.3) is 10.9 Å². The van der Waals surface area contributed by atoms with Gasteiger partial charge in [-0.15, -0.1) is 0 Å². The molecule has 1 atom stereocenters. The van der Waals surface area contributed by atoms with Crippen molar-refractivity contribution in [1.29, 1.82) is 0 Å². The molecular weight excluding hydrogens is 328 g/mol. The van der Waals surface area contributed by atoms with Gasteiger partial charge in [-0.25, -0.2) is 8.78 Å². The Labute approximate surface area is 144 Å². The van der Waals surface area contributed by atoms with Crippen molar-refractivity contribution in [1.82, 2.24) is 9.88 Å². The van der Waals surface area contributed by atoms with Gasteiger partial charge in [0.15, 0.2) is 0 Å².